The van der Waals surface area contributed by atoms with Crippen LogP contribution in [0.3, 0.4) is 0 Å². The van der Waals surface area contributed by atoms with Crippen LogP contribution in [-0.2, 0) is 0 Å². The number of rotatable bonds is 6. The highest BCUT2D eigenvalue weighted by molar-refractivity contribution is 5.40. The SMILES string of the molecule is c1cnc(NCCNC[C@@H]2COc3ccccc3O2)nc1. The first kappa shape index (κ1) is 13.6. The van der Waals surface area contributed by atoms with Crippen molar-refractivity contribution in [1.29, 1.82) is 0 Å². The fraction of sp³-hybridized carbons (Fsp3) is 0.333. The van der Waals surface area contributed by atoms with E-state index in [2.05, 4.69) is 20.6 Å². The average Bonchev–Trinajstić information content (AvgIpc) is 2.55. The van der Waals surface area contributed by atoms with Crippen molar-refractivity contribution in [3.8, 4) is 11.5 Å². The van der Waals surface area contributed by atoms with Gasteiger partial charge in [-0.25, -0.2) is 9.97 Å². The normalized spacial score (nSPS) is 16.5. The molecule has 1 aliphatic rings. The Balaban J connectivity index is 1.35. The van der Waals surface area contributed by atoms with Crippen molar-refractivity contribution in [3.05, 3.63) is 42.7 Å². The van der Waals surface area contributed by atoms with Gasteiger partial charge in [0.05, 0.1) is 0 Å². The second-order valence-corrected chi connectivity index (χ2v) is 4.70. The van der Waals surface area contributed by atoms with Gasteiger partial charge in [-0.1, -0.05) is 12.1 Å². The summed E-state index contributed by atoms with van der Waals surface area (Å²) in [6.45, 7) is 2.87. The number of ether oxygens (including phenoxy) is 2. The highest BCUT2D eigenvalue weighted by Gasteiger charge is 2.19. The predicted molar refractivity (Wildman–Crippen MR) is 79.7 cm³/mol. The number of nitrogens with one attached hydrogen (secondary N) is 2. The number of anilines is 1. The Morgan fingerprint density at radius 3 is 2.71 bits per heavy atom. The highest BCUT2D eigenvalue weighted by Crippen LogP contribution is 2.30. The van der Waals surface area contributed by atoms with E-state index in [-0.39, 0.29) is 6.10 Å². The van der Waals surface area contributed by atoms with Gasteiger partial charge in [0.2, 0.25) is 5.95 Å². The fourth-order valence-corrected chi connectivity index (χ4v) is 2.08. The Bertz CT molecular complexity index is 565. The topological polar surface area (TPSA) is 68.3 Å². The van der Waals surface area contributed by atoms with Gasteiger partial charge < -0.3 is 20.1 Å². The highest BCUT2D eigenvalue weighted by atomic mass is 16.6. The van der Waals surface area contributed by atoms with Crippen LogP contribution in [0.4, 0.5) is 5.95 Å². The van der Waals surface area contributed by atoms with Crippen molar-refractivity contribution in [2.75, 3.05) is 31.6 Å². The van der Waals surface area contributed by atoms with Crippen molar-refractivity contribution < 1.29 is 9.47 Å². The monoisotopic (exact) mass is 286 g/mol. The fourth-order valence-electron chi connectivity index (χ4n) is 2.08. The van der Waals surface area contributed by atoms with E-state index in [1.807, 2.05) is 24.3 Å². The number of benzene rings is 1. The zero-order valence-electron chi connectivity index (χ0n) is 11.7. The Hall–Kier alpha value is -2.34. The van der Waals surface area contributed by atoms with Crippen LogP contribution in [0, 0.1) is 0 Å². The second kappa shape index (κ2) is 6.90. The molecule has 6 nitrogen and oxygen atoms in total. The molecular weight excluding hydrogens is 268 g/mol. The van der Waals surface area contributed by atoms with Crippen LogP contribution < -0.4 is 20.1 Å². The lowest BCUT2D eigenvalue weighted by molar-refractivity contribution is 0.0908. The van der Waals surface area contributed by atoms with Crippen LogP contribution in [0.25, 0.3) is 0 Å². The molecule has 0 spiro atoms. The van der Waals surface area contributed by atoms with E-state index in [0.717, 1.165) is 31.1 Å². The van der Waals surface area contributed by atoms with Crippen LogP contribution in [0.1, 0.15) is 0 Å². The molecule has 1 atom stereocenters. The summed E-state index contributed by atoms with van der Waals surface area (Å²) < 4.78 is 11.5. The van der Waals surface area contributed by atoms with E-state index >= 15 is 0 Å². The number of aromatic nitrogens is 2. The molecule has 2 heterocycles. The number of para-hydroxylation sites is 2. The maximum absolute atomic E-state index is 5.86. The van der Waals surface area contributed by atoms with Gasteiger partial charge in [-0.3, -0.25) is 0 Å². The molecule has 6 heteroatoms. The summed E-state index contributed by atoms with van der Waals surface area (Å²) in [6.07, 6.45) is 3.47. The smallest absolute Gasteiger partial charge is 0.222 e. The van der Waals surface area contributed by atoms with E-state index in [0.29, 0.717) is 12.6 Å². The van der Waals surface area contributed by atoms with Gasteiger partial charge in [0.25, 0.3) is 0 Å². The van der Waals surface area contributed by atoms with Crippen molar-refractivity contribution >= 4 is 5.95 Å². The minimum atomic E-state index is 0.0351. The second-order valence-electron chi connectivity index (χ2n) is 4.70. The molecule has 110 valence electrons. The van der Waals surface area contributed by atoms with Gasteiger partial charge in [-0.05, 0) is 18.2 Å². The third-order valence-corrected chi connectivity index (χ3v) is 3.09. The summed E-state index contributed by atoms with van der Waals surface area (Å²) in [7, 11) is 0. The summed E-state index contributed by atoms with van der Waals surface area (Å²) in [5.41, 5.74) is 0. The number of fused-ring (bicyclic) bond motifs is 1. The molecular formula is C15H18N4O2. The van der Waals surface area contributed by atoms with Gasteiger partial charge in [-0.15, -0.1) is 0 Å². The van der Waals surface area contributed by atoms with Gasteiger partial charge in [-0.2, -0.15) is 0 Å². The minimum absolute atomic E-state index is 0.0351. The van der Waals surface area contributed by atoms with Gasteiger partial charge in [0.1, 0.15) is 12.7 Å². The molecule has 0 unspecified atom stereocenters. The Kier molecular flexibility index (Phi) is 4.48. The van der Waals surface area contributed by atoms with Gasteiger partial charge >= 0.3 is 0 Å². The van der Waals surface area contributed by atoms with E-state index in [9.17, 15) is 0 Å². The summed E-state index contributed by atoms with van der Waals surface area (Å²) in [6, 6.07) is 9.53. The molecule has 0 fully saturated rings. The molecule has 0 bridgehead atoms. The molecule has 2 N–H and O–H groups in total. The van der Waals surface area contributed by atoms with Crippen LogP contribution >= 0.6 is 0 Å². The van der Waals surface area contributed by atoms with Gasteiger partial charge in [0.15, 0.2) is 11.5 Å². The first-order valence-corrected chi connectivity index (χ1v) is 7.02. The molecule has 0 radical (unpaired) electrons. The molecule has 1 aromatic heterocycles. The van der Waals surface area contributed by atoms with Crippen LogP contribution in [0.2, 0.25) is 0 Å². The quantitative estimate of drug-likeness (QED) is 0.781. The third kappa shape index (κ3) is 3.82. The Morgan fingerprint density at radius 2 is 1.86 bits per heavy atom. The number of hydrogen-bond acceptors (Lipinski definition) is 6. The molecule has 2 aromatic rings. The molecule has 0 saturated heterocycles. The number of nitrogens with zero attached hydrogens (tertiary/aromatic N) is 2. The van der Waals surface area contributed by atoms with E-state index in [4.69, 9.17) is 9.47 Å². The Labute approximate surface area is 123 Å². The molecule has 0 aliphatic carbocycles. The number of hydrogen-bond donors (Lipinski definition) is 2. The summed E-state index contributed by atoms with van der Waals surface area (Å²) in [5, 5.41) is 6.47. The third-order valence-electron chi connectivity index (χ3n) is 3.09. The lowest BCUT2D eigenvalue weighted by Gasteiger charge is -2.26. The molecule has 1 aromatic carbocycles. The molecule has 1 aliphatic heterocycles. The zero-order chi connectivity index (χ0) is 14.3. The van der Waals surface area contributed by atoms with Crippen molar-refractivity contribution in [2.45, 2.75) is 6.10 Å². The average molecular weight is 286 g/mol. The predicted octanol–water partition coefficient (Wildman–Crippen LogP) is 1.32. The van der Waals surface area contributed by atoms with E-state index in [1.165, 1.54) is 0 Å². The molecule has 3 rings (SSSR count). The molecule has 0 saturated carbocycles. The van der Waals surface area contributed by atoms with Crippen LogP contribution in [0.15, 0.2) is 42.7 Å². The van der Waals surface area contributed by atoms with Crippen molar-refractivity contribution in [3.63, 3.8) is 0 Å². The first-order chi connectivity index (χ1) is 10.4. The lowest BCUT2D eigenvalue weighted by Crippen LogP contribution is -2.39. The summed E-state index contributed by atoms with van der Waals surface area (Å²) in [4.78, 5) is 8.19. The standard InChI is InChI=1S/C15H18N4O2/c1-2-5-14-13(4-1)20-11-12(21-14)10-16-8-9-19-15-17-6-3-7-18-15/h1-7,12,16H,8-11H2,(H,17,18,19)/t12-/m1/s1. The maximum atomic E-state index is 5.86. The largest absolute Gasteiger partial charge is 0.486 e. The first-order valence-electron chi connectivity index (χ1n) is 7.02. The minimum Gasteiger partial charge on any atom is -0.486 e. The Morgan fingerprint density at radius 1 is 1.05 bits per heavy atom. The zero-order valence-corrected chi connectivity index (χ0v) is 11.7. The van der Waals surface area contributed by atoms with Crippen LogP contribution in [0.5, 0.6) is 11.5 Å². The summed E-state index contributed by atoms with van der Waals surface area (Å²) >= 11 is 0. The van der Waals surface area contributed by atoms with E-state index in [1.54, 1.807) is 18.5 Å². The van der Waals surface area contributed by atoms with Crippen molar-refractivity contribution in [1.82, 2.24) is 15.3 Å². The van der Waals surface area contributed by atoms with Crippen LogP contribution in [-0.4, -0.2) is 42.3 Å². The molecule has 21 heavy (non-hydrogen) atoms. The van der Waals surface area contributed by atoms with Crippen molar-refractivity contribution in [2.24, 2.45) is 0 Å². The lowest BCUT2D eigenvalue weighted by atomic mass is 10.2. The van der Waals surface area contributed by atoms with Gasteiger partial charge in [0, 0.05) is 32.0 Å². The summed E-state index contributed by atoms with van der Waals surface area (Å²) in [5.74, 6) is 2.27. The van der Waals surface area contributed by atoms with E-state index < -0.39 is 0 Å². The maximum Gasteiger partial charge on any atom is 0.222 e. The molecule has 0 amide bonds.